The fraction of sp³-hybridized carbons (Fsp3) is 0.941. The van der Waals surface area contributed by atoms with Crippen molar-refractivity contribution in [3.8, 4) is 0 Å². The Hall–Kier alpha value is -1.06. The predicted molar refractivity (Wildman–Crippen MR) is 165 cm³/mol. The van der Waals surface area contributed by atoms with Crippen molar-refractivity contribution in [2.75, 3.05) is 0 Å². The van der Waals surface area contributed by atoms with Gasteiger partial charge in [0, 0.05) is 12.8 Å². The van der Waals surface area contributed by atoms with Crippen LogP contribution in [0.1, 0.15) is 201 Å². The maximum atomic E-state index is 10.3. The highest BCUT2D eigenvalue weighted by Crippen LogP contribution is 2.15. The lowest BCUT2D eigenvalue weighted by atomic mass is 10.0. The van der Waals surface area contributed by atoms with Crippen molar-refractivity contribution in [1.82, 2.24) is 0 Å². The number of carboxylic acid groups (broad SMARTS) is 2. The second kappa shape index (κ2) is 34.0. The topological polar surface area (TPSA) is 74.6 Å². The van der Waals surface area contributed by atoms with Gasteiger partial charge >= 0.3 is 11.9 Å². The Morgan fingerprint density at radius 3 is 0.895 bits per heavy atom. The number of hydrogen-bond donors (Lipinski definition) is 2. The molecule has 0 bridgehead atoms. The van der Waals surface area contributed by atoms with E-state index in [0.717, 1.165) is 31.6 Å². The van der Waals surface area contributed by atoms with Gasteiger partial charge in [0.25, 0.3) is 0 Å². The molecule has 228 valence electrons. The van der Waals surface area contributed by atoms with Gasteiger partial charge in [-0.1, -0.05) is 175 Å². The van der Waals surface area contributed by atoms with Crippen LogP contribution in [0.4, 0.5) is 0 Å². The van der Waals surface area contributed by atoms with E-state index in [1.54, 1.807) is 0 Å². The van der Waals surface area contributed by atoms with E-state index in [-0.39, 0.29) is 0 Å². The molecular formula is C34H68O4. The van der Waals surface area contributed by atoms with Crippen LogP contribution < -0.4 is 0 Å². The molecule has 2 N–H and O–H groups in total. The minimum atomic E-state index is -0.655. The first kappa shape index (κ1) is 39.1. The lowest BCUT2D eigenvalue weighted by Crippen LogP contribution is -1.93. The average molecular weight is 541 g/mol. The second-order valence-corrected chi connectivity index (χ2v) is 12.0. The van der Waals surface area contributed by atoms with Crippen molar-refractivity contribution < 1.29 is 19.8 Å². The number of aliphatic carboxylic acids is 2. The summed E-state index contributed by atoms with van der Waals surface area (Å²) >= 11 is 0. The fourth-order valence-corrected chi connectivity index (χ4v) is 4.89. The number of rotatable bonds is 29. The van der Waals surface area contributed by atoms with E-state index in [1.807, 2.05) is 0 Å². The largest absolute Gasteiger partial charge is 0.481 e. The molecule has 0 radical (unpaired) electrons. The summed E-state index contributed by atoms with van der Waals surface area (Å²) in [6, 6.07) is 0. The summed E-state index contributed by atoms with van der Waals surface area (Å²) in [7, 11) is 0. The van der Waals surface area contributed by atoms with Gasteiger partial charge in [0.05, 0.1) is 0 Å². The highest BCUT2D eigenvalue weighted by Gasteiger charge is 1.98. The Morgan fingerprint density at radius 2 is 0.658 bits per heavy atom. The molecule has 0 saturated heterocycles. The molecular weight excluding hydrogens is 472 g/mol. The Labute approximate surface area is 238 Å². The first-order valence-corrected chi connectivity index (χ1v) is 16.8. The molecule has 0 atom stereocenters. The first-order chi connectivity index (χ1) is 18.4. The molecule has 0 aromatic carbocycles. The number of carboxylic acids is 2. The molecule has 0 amide bonds. The summed E-state index contributed by atoms with van der Waals surface area (Å²) in [5.41, 5.74) is 0. The molecule has 4 nitrogen and oxygen atoms in total. The van der Waals surface area contributed by atoms with Gasteiger partial charge in [-0.3, -0.25) is 9.59 Å². The lowest BCUT2D eigenvalue weighted by molar-refractivity contribution is -0.138. The molecule has 38 heavy (non-hydrogen) atoms. The van der Waals surface area contributed by atoms with E-state index in [9.17, 15) is 9.59 Å². The SMILES string of the molecule is CC(C)CCCCCCCCCCCCCCC(=O)O.CCCCCCCCCCCCCCCC(=O)O. The third-order valence-electron chi connectivity index (χ3n) is 7.42. The number of hydrogen-bond acceptors (Lipinski definition) is 2. The molecule has 0 aromatic heterocycles. The molecule has 0 fully saturated rings. The van der Waals surface area contributed by atoms with Gasteiger partial charge < -0.3 is 10.2 Å². The standard InChI is InChI=1S/C18H36O2.C16H32O2/c1-17(2)15-13-11-9-7-5-3-4-6-8-10-12-14-16-18(19)20;1-2-3-4-5-6-7-8-9-10-11-12-13-14-15-16(17)18/h17H,3-16H2,1-2H3,(H,19,20);2-15H2,1H3,(H,17,18). The van der Waals surface area contributed by atoms with Crippen LogP contribution in [0.15, 0.2) is 0 Å². The Morgan fingerprint density at radius 1 is 0.421 bits per heavy atom. The van der Waals surface area contributed by atoms with Gasteiger partial charge in [0.15, 0.2) is 0 Å². The van der Waals surface area contributed by atoms with Gasteiger partial charge in [-0.2, -0.15) is 0 Å². The van der Waals surface area contributed by atoms with Crippen LogP contribution in [0.2, 0.25) is 0 Å². The van der Waals surface area contributed by atoms with Gasteiger partial charge in [0.1, 0.15) is 0 Å². The van der Waals surface area contributed by atoms with E-state index in [4.69, 9.17) is 10.2 Å². The van der Waals surface area contributed by atoms with Crippen LogP contribution in [0.25, 0.3) is 0 Å². The van der Waals surface area contributed by atoms with Gasteiger partial charge in [-0.25, -0.2) is 0 Å². The molecule has 4 heteroatoms. The van der Waals surface area contributed by atoms with Crippen molar-refractivity contribution in [3.63, 3.8) is 0 Å². The van der Waals surface area contributed by atoms with Crippen molar-refractivity contribution in [1.29, 1.82) is 0 Å². The highest BCUT2D eigenvalue weighted by atomic mass is 16.4. The quantitative estimate of drug-likeness (QED) is 0.0925. The molecule has 0 saturated carbocycles. The monoisotopic (exact) mass is 541 g/mol. The van der Waals surface area contributed by atoms with Crippen LogP contribution in [0.3, 0.4) is 0 Å². The number of carbonyl (C=O) groups is 2. The highest BCUT2D eigenvalue weighted by molar-refractivity contribution is 5.66. The molecule has 0 aromatic rings. The van der Waals surface area contributed by atoms with E-state index in [2.05, 4.69) is 20.8 Å². The zero-order valence-electron chi connectivity index (χ0n) is 26.1. The molecule has 0 aliphatic heterocycles. The smallest absolute Gasteiger partial charge is 0.303 e. The minimum absolute atomic E-state index is 0.344. The maximum absolute atomic E-state index is 10.3. The van der Waals surface area contributed by atoms with E-state index < -0.39 is 11.9 Å². The first-order valence-electron chi connectivity index (χ1n) is 16.8. The van der Waals surface area contributed by atoms with Crippen molar-refractivity contribution in [2.45, 2.75) is 201 Å². The molecule has 0 unspecified atom stereocenters. The average Bonchev–Trinajstić information content (AvgIpc) is 2.87. The summed E-state index contributed by atoms with van der Waals surface area (Å²) in [6.07, 6.45) is 34.6. The summed E-state index contributed by atoms with van der Waals surface area (Å²) in [5, 5.41) is 17.0. The van der Waals surface area contributed by atoms with Gasteiger partial charge in [-0.15, -0.1) is 0 Å². The second-order valence-electron chi connectivity index (χ2n) is 12.0. The Balaban J connectivity index is 0. The van der Waals surface area contributed by atoms with Crippen LogP contribution in [-0.4, -0.2) is 22.2 Å². The molecule has 0 rings (SSSR count). The molecule has 0 spiro atoms. The molecule has 0 aliphatic carbocycles. The molecule has 0 aliphatic rings. The van der Waals surface area contributed by atoms with E-state index in [1.165, 1.54) is 141 Å². The van der Waals surface area contributed by atoms with Gasteiger partial charge in [0.2, 0.25) is 0 Å². The van der Waals surface area contributed by atoms with Crippen LogP contribution in [-0.2, 0) is 9.59 Å². The van der Waals surface area contributed by atoms with Crippen molar-refractivity contribution >= 4 is 11.9 Å². The van der Waals surface area contributed by atoms with E-state index in [0.29, 0.717) is 12.8 Å². The van der Waals surface area contributed by atoms with Gasteiger partial charge in [-0.05, 0) is 18.8 Å². The summed E-state index contributed by atoms with van der Waals surface area (Å²) in [5.74, 6) is -0.443. The number of unbranched alkanes of at least 4 members (excludes halogenated alkanes) is 23. The Bertz CT molecular complexity index is 475. The minimum Gasteiger partial charge on any atom is -0.481 e. The molecule has 0 heterocycles. The van der Waals surface area contributed by atoms with Crippen molar-refractivity contribution in [3.05, 3.63) is 0 Å². The lowest BCUT2D eigenvalue weighted by Gasteiger charge is -2.04. The third kappa shape index (κ3) is 42.0. The van der Waals surface area contributed by atoms with Crippen LogP contribution in [0.5, 0.6) is 0 Å². The zero-order valence-corrected chi connectivity index (χ0v) is 26.1. The maximum Gasteiger partial charge on any atom is 0.303 e. The summed E-state index contributed by atoms with van der Waals surface area (Å²) < 4.78 is 0. The van der Waals surface area contributed by atoms with E-state index >= 15 is 0 Å². The predicted octanol–water partition coefficient (Wildman–Crippen LogP) is 11.7. The zero-order chi connectivity index (χ0) is 28.5. The summed E-state index contributed by atoms with van der Waals surface area (Å²) in [6.45, 7) is 6.87. The Kier molecular flexibility index (Phi) is 34.9. The third-order valence-corrected chi connectivity index (χ3v) is 7.42. The normalized spacial score (nSPS) is 10.9. The van der Waals surface area contributed by atoms with Crippen molar-refractivity contribution in [2.24, 2.45) is 5.92 Å². The van der Waals surface area contributed by atoms with Crippen LogP contribution in [0, 0.1) is 5.92 Å². The van der Waals surface area contributed by atoms with Crippen LogP contribution >= 0.6 is 0 Å². The summed E-state index contributed by atoms with van der Waals surface area (Å²) in [4.78, 5) is 20.6. The fourth-order valence-electron chi connectivity index (χ4n) is 4.89.